The van der Waals surface area contributed by atoms with E-state index in [2.05, 4.69) is 35.2 Å². The molecular formula is C45H58N4O8. The summed E-state index contributed by atoms with van der Waals surface area (Å²) in [7, 11) is 1.64. The minimum absolute atomic E-state index is 0.0197. The van der Waals surface area contributed by atoms with Crippen molar-refractivity contribution in [1.82, 2.24) is 9.80 Å². The number of hydrogen-bond acceptors (Lipinski definition) is 9. The number of aliphatic hydroxyl groups is 1. The summed E-state index contributed by atoms with van der Waals surface area (Å²) in [6, 6.07) is 22.2. The first-order chi connectivity index (χ1) is 27.5. The average Bonchev–Trinajstić information content (AvgIpc) is 3.95. The van der Waals surface area contributed by atoms with Crippen molar-refractivity contribution in [2.75, 3.05) is 76.0 Å². The largest absolute Gasteiger partial charge is 0.494 e. The van der Waals surface area contributed by atoms with Crippen molar-refractivity contribution in [3.05, 3.63) is 72.3 Å². The smallest absolute Gasteiger partial charge is 0.410 e. The minimum Gasteiger partial charge on any atom is -0.494 e. The maximum atomic E-state index is 15.2. The number of benzene rings is 3. The van der Waals surface area contributed by atoms with Crippen LogP contribution in [0.25, 0.3) is 11.1 Å². The molecule has 1 aliphatic carbocycles. The highest BCUT2D eigenvalue weighted by molar-refractivity contribution is 6.01. The highest BCUT2D eigenvalue weighted by atomic mass is 16.6. The van der Waals surface area contributed by atoms with E-state index < -0.39 is 17.6 Å². The van der Waals surface area contributed by atoms with Gasteiger partial charge in [0.05, 0.1) is 24.3 Å². The topological polar surface area (TPSA) is 121 Å². The molecule has 3 fully saturated rings. The zero-order chi connectivity index (χ0) is 40.1. The van der Waals surface area contributed by atoms with Gasteiger partial charge in [-0.05, 0) is 112 Å². The number of carbonyl (C=O) groups excluding carboxylic acids is 3. The number of rotatable bonds is 14. The molecule has 2 saturated heterocycles. The molecule has 0 aromatic heterocycles. The van der Waals surface area contributed by atoms with E-state index in [9.17, 15) is 14.7 Å². The molecule has 3 heterocycles. The molecule has 3 aromatic rings. The Bertz CT molecular complexity index is 1890. The first kappa shape index (κ1) is 40.5. The second kappa shape index (κ2) is 17.9. The van der Waals surface area contributed by atoms with E-state index in [1.807, 2.05) is 62.1 Å². The summed E-state index contributed by atoms with van der Waals surface area (Å²) in [5.41, 5.74) is 3.78. The number of piperidine rings is 1. The Morgan fingerprint density at radius 3 is 2.40 bits per heavy atom. The van der Waals surface area contributed by atoms with E-state index in [-0.39, 0.29) is 43.0 Å². The van der Waals surface area contributed by atoms with Crippen molar-refractivity contribution in [3.63, 3.8) is 0 Å². The lowest BCUT2D eigenvalue weighted by Crippen LogP contribution is -2.51. The van der Waals surface area contributed by atoms with Crippen LogP contribution in [0.2, 0.25) is 0 Å². The number of aliphatic hydroxyl groups excluding tert-OH is 1. The van der Waals surface area contributed by atoms with E-state index in [1.165, 1.54) is 0 Å². The Morgan fingerprint density at radius 1 is 0.895 bits per heavy atom. The summed E-state index contributed by atoms with van der Waals surface area (Å²) in [5.74, 6) is 0.534. The van der Waals surface area contributed by atoms with Gasteiger partial charge in [0.2, 0.25) is 5.91 Å². The summed E-state index contributed by atoms with van der Waals surface area (Å²) in [6.45, 7) is 10.4. The number of hydrogen-bond donors (Lipinski definition) is 1. The molecule has 0 spiro atoms. The maximum Gasteiger partial charge on any atom is 0.410 e. The zero-order valence-corrected chi connectivity index (χ0v) is 33.9. The molecule has 12 heteroatoms. The van der Waals surface area contributed by atoms with Crippen LogP contribution in [-0.2, 0) is 19.1 Å². The fourth-order valence-electron chi connectivity index (χ4n) is 8.28. The molecule has 3 aliphatic heterocycles. The number of anilines is 2. The Hall–Kier alpha value is -4.65. The maximum absolute atomic E-state index is 15.2. The molecule has 3 atom stereocenters. The highest BCUT2D eigenvalue weighted by Gasteiger charge is 2.44. The molecule has 4 aliphatic rings. The summed E-state index contributed by atoms with van der Waals surface area (Å²) >= 11 is 0. The molecule has 306 valence electrons. The summed E-state index contributed by atoms with van der Waals surface area (Å²) in [6.07, 6.45) is 4.08. The van der Waals surface area contributed by atoms with Gasteiger partial charge in [0, 0.05) is 64.7 Å². The fourth-order valence-corrected chi connectivity index (χ4v) is 8.28. The van der Waals surface area contributed by atoms with Gasteiger partial charge < -0.3 is 43.7 Å². The molecule has 1 N–H and O–H groups in total. The van der Waals surface area contributed by atoms with Gasteiger partial charge in [-0.1, -0.05) is 36.4 Å². The van der Waals surface area contributed by atoms with E-state index in [0.29, 0.717) is 56.3 Å². The molecular weight excluding hydrogens is 725 g/mol. The minimum atomic E-state index is -0.671. The summed E-state index contributed by atoms with van der Waals surface area (Å²) in [4.78, 5) is 49.3. The number of amides is 3. The van der Waals surface area contributed by atoms with Crippen LogP contribution >= 0.6 is 0 Å². The van der Waals surface area contributed by atoms with Crippen molar-refractivity contribution in [1.29, 1.82) is 0 Å². The molecule has 1 unspecified atom stereocenters. The SMILES string of the molecule is COCCCN1C(=O)COc2ccc(N(C(=O)[C@H]3CN(C(=O)OC(C)(C)C)CC[C@@H]3c3cccc(-c4cccc(OCCCN5CCC(O)C5)c4)c3)C3CC3)cc21. The lowest BCUT2D eigenvalue weighted by molar-refractivity contribution is -0.124. The van der Waals surface area contributed by atoms with Gasteiger partial charge in [-0.25, -0.2) is 4.79 Å². The number of β-amino-alcohol motifs (C(OH)–C–C–N with tert-alkyl or cyclic N) is 1. The summed E-state index contributed by atoms with van der Waals surface area (Å²) in [5, 5.41) is 9.83. The van der Waals surface area contributed by atoms with E-state index >= 15 is 4.79 Å². The number of fused-ring (bicyclic) bond motifs is 1. The van der Waals surface area contributed by atoms with Crippen LogP contribution in [-0.4, -0.2) is 117 Å². The molecule has 3 aromatic carbocycles. The quantitative estimate of drug-likeness (QED) is 0.183. The van der Waals surface area contributed by atoms with E-state index in [1.54, 1.807) is 16.9 Å². The molecule has 0 bridgehead atoms. The van der Waals surface area contributed by atoms with Crippen LogP contribution in [0.3, 0.4) is 0 Å². The lowest BCUT2D eigenvalue weighted by Gasteiger charge is -2.41. The fraction of sp³-hybridized carbons (Fsp3) is 0.533. The Labute approximate surface area is 336 Å². The van der Waals surface area contributed by atoms with Crippen molar-refractivity contribution < 1.29 is 38.4 Å². The summed E-state index contributed by atoms with van der Waals surface area (Å²) < 4.78 is 23.0. The lowest BCUT2D eigenvalue weighted by atomic mass is 9.78. The third kappa shape index (κ3) is 10.1. The monoisotopic (exact) mass is 782 g/mol. The third-order valence-corrected chi connectivity index (χ3v) is 11.2. The van der Waals surface area contributed by atoms with Crippen LogP contribution in [0, 0.1) is 5.92 Å². The van der Waals surface area contributed by atoms with Crippen LogP contribution in [0.1, 0.15) is 70.8 Å². The first-order valence-electron chi connectivity index (χ1n) is 20.6. The van der Waals surface area contributed by atoms with Gasteiger partial charge in [-0.3, -0.25) is 9.59 Å². The van der Waals surface area contributed by atoms with Gasteiger partial charge in [0.25, 0.3) is 5.91 Å². The molecule has 0 radical (unpaired) electrons. The van der Waals surface area contributed by atoms with Crippen molar-refractivity contribution in [3.8, 4) is 22.6 Å². The second-order valence-corrected chi connectivity index (χ2v) is 16.8. The molecule has 57 heavy (non-hydrogen) atoms. The van der Waals surface area contributed by atoms with Crippen LogP contribution in [0.5, 0.6) is 11.5 Å². The number of likely N-dealkylation sites (tertiary alicyclic amines) is 2. The van der Waals surface area contributed by atoms with Crippen LogP contribution in [0.15, 0.2) is 66.7 Å². The zero-order valence-electron chi connectivity index (χ0n) is 33.9. The second-order valence-electron chi connectivity index (χ2n) is 16.8. The molecule has 3 amide bonds. The van der Waals surface area contributed by atoms with E-state index in [0.717, 1.165) is 67.8 Å². The molecule has 1 saturated carbocycles. The Morgan fingerprint density at radius 2 is 1.67 bits per heavy atom. The van der Waals surface area contributed by atoms with Crippen molar-refractivity contribution in [2.24, 2.45) is 5.92 Å². The third-order valence-electron chi connectivity index (χ3n) is 11.2. The Balaban J connectivity index is 1.14. The number of methoxy groups -OCH3 is 1. The van der Waals surface area contributed by atoms with Gasteiger partial charge >= 0.3 is 6.09 Å². The normalized spacial score (nSPS) is 21.2. The number of nitrogens with zero attached hydrogens (tertiary/aromatic N) is 4. The van der Waals surface area contributed by atoms with Gasteiger partial charge in [-0.2, -0.15) is 0 Å². The van der Waals surface area contributed by atoms with Crippen molar-refractivity contribution in [2.45, 2.75) is 83.0 Å². The standard InChI is InChI=1S/C45H58N4O8/c1-45(2,3)57-44(53)47-22-18-38(33-11-5-9-31(25-33)32-10-6-12-37(26-32)55-24-7-19-46-21-17-36(50)28-46)39(29-47)43(52)49(34-13-14-34)35-15-16-41-40(27-35)48(20-8-23-54-4)42(51)30-56-41/h5-6,9-12,15-16,25-27,34,36,38-39,50H,7-8,13-14,17-24,28-30H2,1-4H3/t36?,38-,39+/m1/s1. The predicted octanol–water partition coefficient (Wildman–Crippen LogP) is 6.49. The number of ether oxygens (including phenoxy) is 4. The van der Waals surface area contributed by atoms with Crippen LogP contribution < -0.4 is 19.3 Å². The van der Waals surface area contributed by atoms with Gasteiger partial charge in [0.1, 0.15) is 17.1 Å². The highest BCUT2D eigenvalue weighted by Crippen LogP contribution is 2.43. The average molecular weight is 783 g/mol. The van der Waals surface area contributed by atoms with Crippen LogP contribution in [0.4, 0.5) is 16.2 Å². The van der Waals surface area contributed by atoms with Gasteiger partial charge in [0.15, 0.2) is 6.61 Å². The molecule has 12 nitrogen and oxygen atoms in total. The first-order valence-corrected chi connectivity index (χ1v) is 20.6. The predicted molar refractivity (Wildman–Crippen MR) is 219 cm³/mol. The van der Waals surface area contributed by atoms with Gasteiger partial charge in [-0.15, -0.1) is 0 Å². The van der Waals surface area contributed by atoms with E-state index in [4.69, 9.17) is 18.9 Å². The number of carbonyl (C=O) groups is 3. The Kier molecular flexibility index (Phi) is 12.7. The van der Waals surface area contributed by atoms with Crippen molar-refractivity contribution >= 4 is 29.3 Å². The molecule has 7 rings (SSSR count).